The van der Waals surface area contributed by atoms with E-state index in [9.17, 15) is 4.79 Å². The number of benzene rings is 2. The van der Waals surface area contributed by atoms with Crippen LogP contribution in [0.4, 0.5) is 5.69 Å². The van der Waals surface area contributed by atoms with Crippen molar-refractivity contribution in [1.82, 2.24) is 0 Å². The van der Waals surface area contributed by atoms with Crippen LogP contribution in [0.1, 0.15) is 11.1 Å². The van der Waals surface area contributed by atoms with Crippen molar-refractivity contribution in [1.29, 1.82) is 0 Å². The minimum absolute atomic E-state index is 0.0715. The van der Waals surface area contributed by atoms with Crippen LogP contribution in [-0.4, -0.2) is 11.7 Å². The summed E-state index contributed by atoms with van der Waals surface area (Å²) in [5, 5.41) is 3.78. The van der Waals surface area contributed by atoms with Crippen LogP contribution in [-0.2, 0) is 10.5 Å². The van der Waals surface area contributed by atoms with Gasteiger partial charge >= 0.3 is 0 Å². The number of anilines is 1. The van der Waals surface area contributed by atoms with Gasteiger partial charge in [0, 0.05) is 10.8 Å². The minimum Gasteiger partial charge on any atom is -0.324 e. The molecule has 0 spiro atoms. The number of hydrogen-bond acceptors (Lipinski definition) is 2. The predicted molar refractivity (Wildman–Crippen MR) is 92.4 cm³/mol. The third kappa shape index (κ3) is 4.95. The maximum atomic E-state index is 11.9. The molecule has 0 saturated carbocycles. The van der Waals surface area contributed by atoms with Crippen molar-refractivity contribution >= 4 is 46.6 Å². The van der Waals surface area contributed by atoms with Crippen molar-refractivity contribution in [3.05, 3.63) is 63.6 Å². The summed E-state index contributed by atoms with van der Waals surface area (Å²) < 4.78 is 0. The molecule has 0 atom stereocenters. The molecule has 2 aromatic rings. The van der Waals surface area contributed by atoms with Crippen LogP contribution in [0.5, 0.6) is 0 Å². The van der Waals surface area contributed by atoms with E-state index in [1.54, 1.807) is 30.0 Å². The quantitative estimate of drug-likeness (QED) is 0.813. The van der Waals surface area contributed by atoms with Crippen LogP contribution in [0.25, 0.3) is 0 Å². The van der Waals surface area contributed by atoms with Gasteiger partial charge in [0.1, 0.15) is 0 Å². The molecule has 0 aliphatic carbocycles. The molecular formula is C16H15Cl2NOS. The van der Waals surface area contributed by atoms with Crippen LogP contribution >= 0.6 is 35.0 Å². The third-order valence-corrected chi connectivity index (χ3v) is 4.49. The first kappa shape index (κ1) is 16.2. The zero-order chi connectivity index (χ0) is 15.2. The number of aryl methyl sites for hydroxylation is 1. The number of nitrogens with one attached hydrogen (secondary N) is 1. The number of hydrogen-bond donors (Lipinski definition) is 1. The Labute approximate surface area is 138 Å². The monoisotopic (exact) mass is 339 g/mol. The van der Waals surface area contributed by atoms with Gasteiger partial charge in [-0.15, -0.1) is 11.8 Å². The minimum atomic E-state index is -0.0715. The van der Waals surface area contributed by atoms with E-state index >= 15 is 0 Å². The summed E-state index contributed by atoms with van der Waals surface area (Å²) in [5.41, 5.74) is 3.08. The molecule has 0 aliphatic rings. The van der Waals surface area contributed by atoms with E-state index in [1.807, 2.05) is 12.1 Å². The fourth-order valence-corrected chi connectivity index (χ4v) is 3.16. The molecule has 5 heteroatoms. The van der Waals surface area contributed by atoms with E-state index in [1.165, 1.54) is 11.1 Å². The highest BCUT2D eigenvalue weighted by Crippen LogP contribution is 2.25. The van der Waals surface area contributed by atoms with Crippen molar-refractivity contribution in [2.45, 2.75) is 12.7 Å². The maximum absolute atomic E-state index is 11.9. The summed E-state index contributed by atoms with van der Waals surface area (Å²) in [6.45, 7) is 2.07. The standard InChI is InChI=1S/C16H15Cl2NOS/c1-11-4-2-3-5-12(11)9-21-10-16(20)19-15-7-6-13(17)8-14(15)18/h2-8H,9-10H2,1H3,(H,19,20). The van der Waals surface area contributed by atoms with E-state index in [4.69, 9.17) is 23.2 Å². The lowest BCUT2D eigenvalue weighted by Crippen LogP contribution is -2.14. The number of carbonyl (C=O) groups is 1. The van der Waals surface area contributed by atoms with Crippen LogP contribution < -0.4 is 5.32 Å². The molecule has 0 heterocycles. The first-order valence-electron chi connectivity index (χ1n) is 6.43. The zero-order valence-corrected chi connectivity index (χ0v) is 13.9. The molecular weight excluding hydrogens is 325 g/mol. The highest BCUT2D eigenvalue weighted by atomic mass is 35.5. The molecule has 2 aromatic carbocycles. The molecule has 2 rings (SSSR count). The summed E-state index contributed by atoms with van der Waals surface area (Å²) in [5.74, 6) is 1.12. The molecule has 1 N–H and O–H groups in total. The Balaban J connectivity index is 1.84. The van der Waals surface area contributed by atoms with Crippen LogP contribution in [0.2, 0.25) is 10.0 Å². The fraction of sp³-hybridized carbons (Fsp3) is 0.188. The molecule has 0 bridgehead atoms. The summed E-state index contributed by atoms with van der Waals surface area (Å²) in [6, 6.07) is 13.2. The Kier molecular flexibility index (Phi) is 5.97. The number of thioether (sulfide) groups is 1. The summed E-state index contributed by atoms with van der Waals surface area (Å²) >= 11 is 13.4. The molecule has 110 valence electrons. The maximum Gasteiger partial charge on any atom is 0.234 e. The summed E-state index contributed by atoms with van der Waals surface area (Å²) in [7, 11) is 0. The van der Waals surface area contributed by atoms with Gasteiger partial charge in [-0.05, 0) is 36.2 Å². The normalized spacial score (nSPS) is 10.4. The molecule has 0 aliphatic heterocycles. The van der Waals surface area contributed by atoms with E-state index in [2.05, 4.69) is 24.4 Å². The van der Waals surface area contributed by atoms with Gasteiger partial charge in [0.05, 0.1) is 16.5 Å². The molecule has 0 radical (unpaired) electrons. The Bertz CT molecular complexity index is 646. The number of amides is 1. The van der Waals surface area contributed by atoms with Gasteiger partial charge in [-0.25, -0.2) is 0 Å². The number of carbonyl (C=O) groups excluding carboxylic acids is 1. The largest absolute Gasteiger partial charge is 0.324 e. The summed E-state index contributed by atoms with van der Waals surface area (Å²) in [6.07, 6.45) is 0. The molecule has 0 aromatic heterocycles. The van der Waals surface area contributed by atoms with Gasteiger partial charge in [0.15, 0.2) is 0 Å². The Morgan fingerprint density at radius 1 is 1.19 bits per heavy atom. The van der Waals surface area contributed by atoms with Gasteiger partial charge in [0.25, 0.3) is 0 Å². The second-order valence-electron chi connectivity index (χ2n) is 4.59. The van der Waals surface area contributed by atoms with Gasteiger partial charge < -0.3 is 5.32 Å². The van der Waals surface area contributed by atoms with Gasteiger partial charge in [0.2, 0.25) is 5.91 Å². The van der Waals surface area contributed by atoms with E-state index < -0.39 is 0 Å². The molecule has 2 nitrogen and oxygen atoms in total. The second-order valence-corrected chi connectivity index (χ2v) is 6.42. The topological polar surface area (TPSA) is 29.1 Å². The van der Waals surface area contributed by atoms with E-state index in [0.717, 1.165) is 5.75 Å². The predicted octanol–water partition coefficient (Wildman–Crippen LogP) is 5.17. The number of halogens is 2. The molecule has 0 unspecified atom stereocenters. The van der Waals surface area contributed by atoms with Crippen LogP contribution in [0.15, 0.2) is 42.5 Å². The molecule has 1 amide bonds. The van der Waals surface area contributed by atoms with Crippen molar-refractivity contribution in [3.63, 3.8) is 0 Å². The lowest BCUT2D eigenvalue weighted by molar-refractivity contribution is -0.113. The first-order valence-corrected chi connectivity index (χ1v) is 8.34. The average Bonchev–Trinajstić information content (AvgIpc) is 2.44. The number of rotatable bonds is 5. The Morgan fingerprint density at radius 2 is 1.95 bits per heavy atom. The van der Waals surface area contributed by atoms with Crippen LogP contribution in [0.3, 0.4) is 0 Å². The lowest BCUT2D eigenvalue weighted by Gasteiger charge is -2.08. The highest BCUT2D eigenvalue weighted by molar-refractivity contribution is 7.99. The van der Waals surface area contributed by atoms with Crippen molar-refractivity contribution in [3.8, 4) is 0 Å². The van der Waals surface area contributed by atoms with Gasteiger partial charge in [-0.1, -0.05) is 47.5 Å². The molecule has 0 saturated heterocycles. The lowest BCUT2D eigenvalue weighted by atomic mass is 10.1. The Morgan fingerprint density at radius 3 is 2.67 bits per heavy atom. The van der Waals surface area contributed by atoms with Gasteiger partial charge in [-0.3, -0.25) is 4.79 Å². The summed E-state index contributed by atoms with van der Waals surface area (Å²) in [4.78, 5) is 11.9. The fourth-order valence-electron chi connectivity index (χ4n) is 1.80. The molecule has 21 heavy (non-hydrogen) atoms. The third-order valence-electron chi connectivity index (χ3n) is 2.96. The average molecular weight is 340 g/mol. The molecule has 0 fully saturated rings. The second kappa shape index (κ2) is 7.74. The zero-order valence-electron chi connectivity index (χ0n) is 11.5. The van der Waals surface area contributed by atoms with Crippen molar-refractivity contribution in [2.24, 2.45) is 0 Å². The highest BCUT2D eigenvalue weighted by Gasteiger charge is 2.07. The van der Waals surface area contributed by atoms with Crippen molar-refractivity contribution < 1.29 is 4.79 Å². The van der Waals surface area contributed by atoms with E-state index in [0.29, 0.717) is 21.5 Å². The van der Waals surface area contributed by atoms with E-state index in [-0.39, 0.29) is 5.91 Å². The van der Waals surface area contributed by atoms with Crippen molar-refractivity contribution in [2.75, 3.05) is 11.1 Å². The first-order chi connectivity index (χ1) is 10.1. The smallest absolute Gasteiger partial charge is 0.234 e. The van der Waals surface area contributed by atoms with Crippen LogP contribution in [0, 0.1) is 6.92 Å². The van der Waals surface area contributed by atoms with Gasteiger partial charge in [-0.2, -0.15) is 0 Å². The SMILES string of the molecule is Cc1ccccc1CSCC(=O)Nc1ccc(Cl)cc1Cl. The Hall–Kier alpha value is -1.16.